The highest BCUT2D eigenvalue weighted by molar-refractivity contribution is 7.91. The van der Waals surface area contributed by atoms with E-state index in [0.29, 0.717) is 0 Å². The molecule has 1 amide bonds. The van der Waals surface area contributed by atoms with E-state index in [2.05, 4.69) is 4.98 Å². The monoisotopic (exact) mass is 303 g/mol. The minimum atomic E-state index is -3.06. The average molecular weight is 304 g/mol. The molecule has 0 bridgehead atoms. The Kier molecular flexibility index (Phi) is 3.69. The fraction of sp³-hybridized carbons (Fsp3) is 0.455. The molecule has 8 heteroatoms. The zero-order valence-electron chi connectivity index (χ0n) is 10.3. The molecule has 0 aliphatic carbocycles. The maximum atomic E-state index is 12.4. The van der Waals surface area contributed by atoms with Crippen LogP contribution in [0.1, 0.15) is 17.3 Å². The number of aromatic nitrogens is 1. The molecule has 0 aromatic carbocycles. The van der Waals surface area contributed by atoms with E-state index in [9.17, 15) is 13.2 Å². The molecule has 1 aliphatic heterocycles. The van der Waals surface area contributed by atoms with Gasteiger partial charge < -0.3 is 10.6 Å². The molecule has 1 aromatic heterocycles. The fourth-order valence-corrected chi connectivity index (χ4v) is 3.81. The van der Waals surface area contributed by atoms with Gasteiger partial charge in [-0.3, -0.25) is 4.79 Å². The molecule has 1 aliphatic rings. The Hall–Kier alpha value is -1.34. The number of sulfone groups is 1. The third-order valence-electron chi connectivity index (χ3n) is 3.04. The second kappa shape index (κ2) is 4.97. The number of carbonyl (C=O) groups is 1. The molecule has 1 unspecified atom stereocenters. The Morgan fingerprint density at radius 2 is 2.26 bits per heavy atom. The van der Waals surface area contributed by atoms with Gasteiger partial charge in [0.1, 0.15) is 5.82 Å². The minimum Gasteiger partial charge on any atom is -0.384 e. The number of nitrogens with two attached hydrogens (primary N) is 1. The first kappa shape index (κ1) is 14.1. The summed E-state index contributed by atoms with van der Waals surface area (Å²) in [6, 6.07) is 1.03. The van der Waals surface area contributed by atoms with Gasteiger partial charge in [0.2, 0.25) is 0 Å². The third-order valence-corrected chi connectivity index (χ3v) is 5.13. The van der Waals surface area contributed by atoms with Gasteiger partial charge in [-0.25, -0.2) is 13.4 Å². The van der Waals surface area contributed by atoms with Crippen molar-refractivity contribution >= 4 is 33.2 Å². The van der Waals surface area contributed by atoms with Crippen molar-refractivity contribution in [1.82, 2.24) is 9.88 Å². The molecule has 6 nitrogen and oxygen atoms in total. The average Bonchev–Trinajstić information content (AvgIpc) is 2.30. The number of hydrogen-bond acceptors (Lipinski definition) is 5. The van der Waals surface area contributed by atoms with Crippen LogP contribution in [0.4, 0.5) is 5.82 Å². The van der Waals surface area contributed by atoms with E-state index in [-0.39, 0.29) is 46.4 Å². The van der Waals surface area contributed by atoms with E-state index in [1.165, 1.54) is 17.2 Å². The largest absolute Gasteiger partial charge is 0.384 e. The van der Waals surface area contributed by atoms with Crippen LogP contribution in [0.2, 0.25) is 5.02 Å². The predicted molar refractivity (Wildman–Crippen MR) is 72.8 cm³/mol. The van der Waals surface area contributed by atoms with E-state index in [1.807, 2.05) is 0 Å². The summed E-state index contributed by atoms with van der Waals surface area (Å²) in [5.74, 6) is -0.176. The molecule has 1 saturated heterocycles. The second-order valence-electron chi connectivity index (χ2n) is 4.55. The number of hydrogen-bond donors (Lipinski definition) is 1. The summed E-state index contributed by atoms with van der Waals surface area (Å²) in [4.78, 5) is 17.6. The van der Waals surface area contributed by atoms with Gasteiger partial charge in [0.15, 0.2) is 9.84 Å². The summed E-state index contributed by atoms with van der Waals surface area (Å²) in [5.41, 5.74) is 5.79. The lowest BCUT2D eigenvalue weighted by Crippen LogP contribution is -2.49. The van der Waals surface area contributed by atoms with Crippen molar-refractivity contribution in [3.63, 3.8) is 0 Å². The van der Waals surface area contributed by atoms with Crippen LogP contribution in [0.15, 0.2) is 12.3 Å². The van der Waals surface area contributed by atoms with Gasteiger partial charge >= 0.3 is 0 Å². The molecule has 104 valence electrons. The number of rotatable bonds is 1. The van der Waals surface area contributed by atoms with Crippen LogP contribution in [-0.4, -0.2) is 48.3 Å². The van der Waals surface area contributed by atoms with Crippen molar-refractivity contribution in [3.05, 3.63) is 22.8 Å². The van der Waals surface area contributed by atoms with Crippen molar-refractivity contribution in [1.29, 1.82) is 0 Å². The van der Waals surface area contributed by atoms with Gasteiger partial charge in [-0.1, -0.05) is 11.6 Å². The molecule has 0 saturated carbocycles. The molecule has 1 aromatic rings. The zero-order valence-corrected chi connectivity index (χ0v) is 11.9. The first-order chi connectivity index (χ1) is 8.80. The van der Waals surface area contributed by atoms with Gasteiger partial charge in [-0.2, -0.15) is 0 Å². The number of carbonyl (C=O) groups excluding carboxylic acids is 1. The lowest BCUT2D eigenvalue weighted by atomic mass is 10.2. The number of nitrogen functional groups attached to an aromatic ring is 1. The lowest BCUT2D eigenvalue weighted by Gasteiger charge is -2.33. The maximum Gasteiger partial charge on any atom is 0.255 e. The smallest absolute Gasteiger partial charge is 0.255 e. The van der Waals surface area contributed by atoms with Crippen molar-refractivity contribution in [2.45, 2.75) is 13.0 Å². The van der Waals surface area contributed by atoms with Crippen LogP contribution in [0, 0.1) is 0 Å². The van der Waals surface area contributed by atoms with Gasteiger partial charge in [-0.15, -0.1) is 0 Å². The fourth-order valence-electron chi connectivity index (χ4n) is 2.07. The first-order valence-corrected chi connectivity index (χ1v) is 7.92. The van der Waals surface area contributed by atoms with Crippen LogP contribution in [-0.2, 0) is 9.84 Å². The molecule has 2 rings (SSSR count). The number of nitrogens with zero attached hydrogens (tertiary/aromatic N) is 2. The topological polar surface area (TPSA) is 93.4 Å². The summed E-state index contributed by atoms with van der Waals surface area (Å²) in [6.45, 7) is 1.87. The van der Waals surface area contributed by atoms with Gasteiger partial charge in [0.05, 0.1) is 22.1 Å². The molecule has 0 radical (unpaired) electrons. The van der Waals surface area contributed by atoms with Crippen LogP contribution >= 0.6 is 11.6 Å². The van der Waals surface area contributed by atoms with E-state index < -0.39 is 9.84 Å². The molecule has 2 N–H and O–H groups in total. The van der Waals surface area contributed by atoms with Crippen molar-refractivity contribution in [2.24, 2.45) is 0 Å². The Morgan fingerprint density at radius 1 is 1.58 bits per heavy atom. The van der Waals surface area contributed by atoms with Crippen LogP contribution in [0.5, 0.6) is 0 Å². The summed E-state index contributed by atoms with van der Waals surface area (Å²) in [7, 11) is -3.06. The normalized spacial score (nSPS) is 22.2. The highest BCUT2D eigenvalue weighted by atomic mass is 35.5. The summed E-state index contributed by atoms with van der Waals surface area (Å²) >= 11 is 5.93. The number of anilines is 1. The number of halogens is 1. The molecule has 1 fully saturated rings. The Labute approximate surface area is 116 Å². The maximum absolute atomic E-state index is 12.4. The molecular weight excluding hydrogens is 290 g/mol. The van der Waals surface area contributed by atoms with Crippen LogP contribution in [0.3, 0.4) is 0 Å². The van der Waals surface area contributed by atoms with E-state index >= 15 is 0 Å². The van der Waals surface area contributed by atoms with Gasteiger partial charge in [0.25, 0.3) is 5.91 Å². The van der Waals surface area contributed by atoms with Gasteiger partial charge in [0, 0.05) is 18.8 Å². The number of amides is 1. The summed E-state index contributed by atoms with van der Waals surface area (Å²) < 4.78 is 23.0. The summed E-state index contributed by atoms with van der Waals surface area (Å²) in [5, 5.41) is 0.208. The van der Waals surface area contributed by atoms with Crippen LogP contribution < -0.4 is 5.73 Å². The van der Waals surface area contributed by atoms with E-state index in [1.54, 1.807) is 6.92 Å². The van der Waals surface area contributed by atoms with Gasteiger partial charge in [-0.05, 0) is 13.0 Å². The SMILES string of the molecule is CC1CS(=O)(=O)CCN1C(=O)c1cc(N)ncc1Cl. The standard InChI is InChI=1S/C11H14ClN3O3S/c1-7-6-19(17,18)3-2-15(7)11(16)8-4-10(13)14-5-9(8)12/h4-5,7H,2-3,6H2,1H3,(H2,13,14). The number of pyridine rings is 1. The highest BCUT2D eigenvalue weighted by Crippen LogP contribution is 2.21. The zero-order chi connectivity index (χ0) is 14.2. The molecule has 19 heavy (non-hydrogen) atoms. The first-order valence-electron chi connectivity index (χ1n) is 5.72. The molecule has 1 atom stereocenters. The lowest BCUT2D eigenvalue weighted by molar-refractivity contribution is 0.0712. The molecule has 2 heterocycles. The quantitative estimate of drug-likeness (QED) is 0.819. The van der Waals surface area contributed by atoms with Crippen molar-refractivity contribution in [2.75, 3.05) is 23.8 Å². The van der Waals surface area contributed by atoms with Crippen molar-refractivity contribution in [3.8, 4) is 0 Å². The Morgan fingerprint density at radius 3 is 2.89 bits per heavy atom. The molecular formula is C11H14ClN3O3S. The van der Waals surface area contributed by atoms with E-state index in [4.69, 9.17) is 17.3 Å². The third kappa shape index (κ3) is 2.98. The van der Waals surface area contributed by atoms with Crippen LogP contribution in [0.25, 0.3) is 0 Å². The predicted octanol–water partition coefficient (Wildman–Crippen LogP) is 0.576. The Bertz CT molecular complexity index is 618. The highest BCUT2D eigenvalue weighted by Gasteiger charge is 2.32. The van der Waals surface area contributed by atoms with E-state index in [0.717, 1.165) is 0 Å². The second-order valence-corrected chi connectivity index (χ2v) is 7.19. The van der Waals surface area contributed by atoms with Crippen molar-refractivity contribution < 1.29 is 13.2 Å². The summed E-state index contributed by atoms with van der Waals surface area (Å²) in [6.07, 6.45) is 1.31. The minimum absolute atomic E-state index is 0.0265. The Balaban J connectivity index is 2.27. The molecule has 0 spiro atoms.